The van der Waals surface area contributed by atoms with Gasteiger partial charge in [-0.15, -0.1) is 0 Å². The second kappa shape index (κ2) is 4.83. The highest BCUT2D eigenvalue weighted by Gasteiger charge is 2.61. The van der Waals surface area contributed by atoms with Crippen LogP contribution in [-0.2, 0) is 0 Å². The number of furan rings is 1. The normalized spacial score (nSPS) is 15.2. The SMILES string of the molecule is CNC(c1ccc(C)o1)C(C(F)(F)F)C(F)(F)F. The van der Waals surface area contributed by atoms with E-state index in [1.165, 1.54) is 13.0 Å². The first-order valence-electron chi connectivity index (χ1n) is 4.94. The smallest absolute Gasteiger partial charge is 0.402 e. The molecular formula is C10H11F6NO. The molecule has 1 atom stereocenters. The Morgan fingerprint density at radius 3 is 1.83 bits per heavy atom. The summed E-state index contributed by atoms with van der Waals surface area (Å²) in [6.07, 6.45) is -10.8. The molecule has 0 aromatic carbocycles. The van der Waals surface area contributed by atoms with E-state index in [1.807, 2.05) is 5.32 Å². The molecule has 1 aromatic heterocycles. The predicted octanol–water partition coefficient (Wildman–Crippen LogP) is 3.59. The zero-order valence-corrected chi connectivity index (χ0v) is 9.49. The summed E-state index contributed by atoms with van der Waals surface area (Å²) in [6, 6.07) is 0.406. The van der Waals surface area contributed by atoms with E-state index >= 15 is 0 Å². The fraction of sp³-hybridized carbons (Fsp3) is 0.600. The summed E-state index contributed by atoms with van der Waals surface area (Å²) in [4.78, 5) is 0. The first kappa shape index (κ1) is 14.9. The van der Waals surface area contributed by atoms with E-state index < -0.39 is 30.1 Å². The summed E-state index contributed by atoms with van der Waals surface area (Å²) in [7, 11) is 1.02. The van der Waals surface area contributed by atoms with Gasteiger partial charge in [0, 0.05) is 0 Å². The third-order valence-corrected chi connectivity index (χ3v) is 2.42. The molecule has 1 heterocycles. The van der Waals surface area contributed by atoms with Crippen molar-refractivity contribution >= 4 is 0 Å². The molecule has 1 unspecified atom stereocenters. The highest BCUT2D eigenvalue weighted by molar-refractivity contribution is 5.12. The number of aryl methyl sites for hydroxylation is 1. The molecule has 2 nitrogen and oxygen atoms in total. The molecule has 0 aliphatic carbocycles. The maximum Gasteiger partial charge on any atom is 0.402 e. The standard InChI is InChI=1S/C10H11F6NO/c1-5-3-4-6(18-5)7(17-2)8(9(11,12)13)10(14,15)16/h3-4,7-8,17H,1-2H3. The molecule has 0 saturated carbocycles. The molecule has 0 aliphatic rings. The molecule has 1 rings (SSSR count). The van der Waals surface area contributed by atoms with Crippen LogP contribution in [0.3, 0.4) is 0 Å². The average molecular weight is 275 g/mol. The highest BCUT2D eigenvalue weighted by atomic mass is 19.4. The molecule has 104 valence electrons. The van der Waals surface area contributed by atoms with Crippen LogP contribution in [0.4, 0.5) is 26.3 Å². The summed E-state index contributed by atoms with van der Waals surface area (Å²) in [5.74, 6) is -3.66. The molecule has 18 heavy (non-hydrogen) atoms. The first-order valence-corrected chi connectivity index (χ1v) is 4.94. The Kier molecular flexibility index (Phi) is 3.99. The molecule has 8 heteroatoms. The Morgan fingerprint density at radius 2 is 1.56 bits per heavy atom. The molecule has 0 bridgehead atoms. The summed E-state index contributed by atoms with van der Waals surface area (Å²) in [5.41, 5.74) is 0. The van der Waals surface area contributed by atoms with Gasteiger partial charge in [-0.1, -0.05) is 0 Å². The van der Waals surface area contributed by atoms with Crippen LogP contribution < -0.4 is 5.32 Å². The van der Waals surface area contributed by atoms with Gasteiger partial charge in [0.1, 0.15) is 11.5 Å². The molecular weight excluding hydrogens is 264 g/mol. The topological polar surface area (TPSA) is 25.2 Å². The minimum atomic E-state index is -5.41. The van der Waals surface area contributed by atoms with Gasteiger partial charge in [-0.05, 0) is 26.1 Å². The Labute approximate surface area is 99.0 Å². The van der Waals surface area contributed by atoms with Crippen molar-refractivity contribution in [2.45, 2.75) is 25.3 Å². The quantitative estimate of drug-likeness (QED) is 0.853. The average Bonchev–Trinajstić information content (AvgIpc) is 2.56. The van der Waals surface area contributed by atoms with Crippen LogP contribution >= 0.6 is 0 Å². The molecule has 0 spiro atoms. The van der Waals surface area contributed by atoms with Crippen molar-refractivity contribution in [2.75, 3.05) is 7.05 Å². The van der Waals surface area contributed by atoms with Crippen molar-refractivity contribution in [1.29, 1.82) is 0 Å². The van der Waals surface area contributed by atoms with Crippen molar-refractivity contribution in [3.05, 3.63) is 23.7 Å². The third kappa shape index (κ3) is 3.18. The minimum absolute atomic E-state index is 0.244. The lowest BCUT2D eigenvalue weighted by Crippen LogP contribution is -2.44. The van der Waals surface area contributed by atoms with E-state index in [9.17, 15) is 26.3 Å². The third-order valence-electron chi connectivity index (χ3n) is 2.42. The van der Waals surface area contributed by atoms with Gasteiger partial charge in [0.05, 0.1) is 6.04 Å². The molecule has 1 N–H and O–H groups in total. The summed E-state index contributed by atoms with van der Waals surface area (Å²) in [6.45, 7) is 1.44. The van der Waals surface area contributed by atoms with Crippen LogP contribution in [0.25, 0.3) is 0 Å². The number of hydrogen-bond acceptors (Lipinski definition) is 2. The van der Waals surface area contributed by atoms with Crippen LogP contribution in [0.1, 0.15) is 17.6 Å². The fourth-order valence-corrected chi connectivity index (χ4v) is 1.66. The van der Waals surface area contributed by atoms with Gasteiger partial charge in [-0.2, -0.15) is 26.3 Å². The first-order chi connectivity index (χ1) is 8.07. The van der Waals surface area contributed by atoms with E-state index in [0.717, 1.165) is 13.1 Å². The second-order valence-electron chi connectivity index (χ2n) is 3.78. The maximum absolute atomic E-state index is 12.5. The lowest BCUT2D eigenvalue weighted by atomic mass is 9.96. The van der Waals surface area contributed by atoms with Crippen LogP contribution in [0.2, 0.25) is 0 Å². The van der Waals surface area contributed by atoms with Gasteiger partial charge < -0.3 is 9.73 Å². The zero-order valence-electron chi connectivity index (χ0n) is 9.49. The maximum atomic E-state index is 12.5. The van der Waals surface area contributed by atoms with Crippen LogP contribution in [-0.4, -0.2) is 19.4 Å². The minimum Gasteiger partial charge on any atom is -0.465 e. The Morgan fingerprint density at radius 1 is 1.06 bits per heavy atom. The number of nitrogens with one attached hydrogen (secondary N) is 1. The molecule has 0 aliphatic heterocycles. The largest absolute Gasteiger partial charge is 0.465 e. The number of halogens is 6. The summed E-state index contributed by atoms with van der Waals surface area (Å²) < 4.78 is 80.1. The Hall–Kier alpha value is -1.18. The van der Waals surface area contributed by atoms with E-state index in [0.29, 0.717) is 0 Å². The van der Waals surface area contributed by atoms with Gasteiger partial charge in [0.2, 0.25) is 0 Å². The molecule has 0 amide bonds. The highest BCUT2D eigenvalue weighted by Crippen LogP contribution is 2.46. The van der Waals surface area contributed by atoms with E-state index in [2.05, 4.69) is 0 Å². The molecule has 0 fully saturated rings. The van der Waals surface area contributed by atoms with Gasteiger partial charge in [0.25, 0.3) is 0 Å². The van der Waals surface area contributed by atoms with Gasteiger partial charge in [-0.3, -0.25) is 0 Å². The molecule has 0 radical (unpaired) electrons. The second-order valence-corrected chi connectivity index (χ2v) is 3.78. The molecule has 1 aromatic rings. The Balaban J connectivity index is 3.18. The van der Waals surface area contributed by atoms with E-state index in [-0.39, 0.29) is 5.76 Å². The van der Waals surface area contributed by atoms with Crippen molar-refractivity contribution < 1.29 is 30.8 Å². The van der Waals surface area contributed by atoms with Crippen molar-refractivity contribution in [1.82, 2.24) is 5.32 Å². The van der Waals surface area contributed by atoms with Crippen molar-refractivity contribution in [3.63, 3.8) is 0 Å². The summed E-state index contributed by atoms with van der Waals surface area (Å²) >= 11 is 0. The zero-order chi connectivity index (χ0) is 14.1. The van der Waals surface area contributed by atoms with Crippen LogP contribution in [0, 0.1) is 12.8 Å². The monoisotopic (exact) mass is 275 g/mol. The van der Waals surface area contributed by atoms with Crippen molar-refractivity contribution in [3.8, 4) is 0 Å². The number of alkyl halides is 6. The predicted molar refractivity (Wildman–Crippen MR) is 50.8 cm³/mol. The Bertz CT molecular complexity index is 380. The fourth-order valence-electron chi connectivity index (χ4n) is 1.66. The number of hydrogen-bond donors (Lipinski definition) is 1. The van der Waals surface area contributed by atoms with Gasteiger partial charge in [0.15, 0.2) is 5.92 Å². The van der Waals surface area contributed by atoms with E-state index in [1.54, 1.807) is 0 Å². The number of rotatable bonds is 3. The van der Waals surface area contributed by atoms with Gasteiger partial charge >= 0.3 is 12.4 Å². The lowest BCUT2D eigenvalue weighted by Gasteiger charge is -2.29. The molecule has 0 saturated heterocycles. The van der Waals surface area contributed by atoms with E-state index in [4.69, 9.17) is 4.42 Å². The van der Waals surface area contributed by atoms with Crippen LogP contribution in [0.5, 0.6) is 0 Å². The van der Waals surface area contributed by atoms with Crippen LogP contribution in [0.15, 0.2) is 16.5 Å². The van der Waals surface area contributed by atoms with Crippen molar-refractivity contribution in [2.24, 2.45) is 5.92 Å². The summed E-state index contributed by atoms with van der Waals surface area (Å²) in [5, 5.41) is 2.01. The van der Waals surface area contributed by atoms with Gasteiger partial charge in [-0.25, -0.2) is 0 Å². The lowest BCUT2D eigenvalue weighted by molar-refractivity contribution is -0.293.